The first-order chi connectivity index (χ1) is 5.43. The van der Waals surface area contributed by atoms with Gasteiger partial charge in [-0.15, -0.1) is 0 Å². The lowest BCUT2D eigenvalue weighted by atomic mass is 10.1. The molecule has 0 unspecified atom stereocenters. The van der Waals surface area contributed by atoms with Crippen molar-refractivity contribution in [3.05, 3.63) is 0 Å². The average Bonchev–Trinajstić information content (AvgIpc) is 2.11. The summed E-state index contributed by atoms with van der Waals surface area (Å²) in [6, 6.07) is 0. The lowest BCUT2D eigenvalue weighted by Crippen LogP contribution is -2.27. The number of aliphatic imine (C=N–C) groups is 1. The van der Waals surface area contributed by atoms with Crippen molar-refractivity contribution in [3.8, 4) is 0 Å². The molecule has 11 heavy (non-hydrogen) atoms. The van der Waals surface area contributed by atoms with Crippen LogP contribution in [0.5, 0.6) is 0 Å². The van der Waals surface area contributed by atoms with Crippen molar-refractivity contribution in [2.75, 3.05) is 20.1 Å². The van der Waals surface area contributed by atoms with Crippen LogP contribution in [0.3, 0.4) is 0 Å². The third-order valence-electron chi connectivity index (χ3n) is 1.67. The monoisotopic (exact) mass is 156 g/mol. The van der Waals surface area contributed by atoms with Crippen LogP contribution in [0.2, 0.25) is 0 Å². The predicted molar refractivity (Wildman–Crippen MR) is 51.2 cm³/mol. The van der Waals surface area contributed by atoms with Crippen LogP contribution in [-0.2, 0) is 0 Å². The highest BCUT2D eigenvalue weighted by atomic mass is 15.1. The molecule has 2 heteroatoms. The number of hydrogen-bond donors (Lipinski definition) is 0. The van der Waals surface area contributed by atoms with E-state index in [2.05, 4.69) is 9.89 Å². The van der Waals surface area contributed by atoms with Crippen molar-refractivity contribution < 1.29 is 0 Å². The summed E-state index contributed by atoms with van der Waals surface area (Å²) in [5, 5.41) is 0. The molecule has 1 heterocycles. The molecular weight excluding hydrogens is 136 g/mol. The Morgan fingerprint density at radius 1 is 1.09 bits per heavy atom. The minimum Gasteiger partial charge on any atom is -0.363 e. The van der Waals surface area contributed by atoms with Crippen LogP contribution in [-0.4, -0.2) is 31.4 Å². The van der Waals surface area contributed by atoms with Crippen LogP contribution >= 0.6 is 0 Å². The maximum absolute atomic E-state index is 3.96. The zero-order chi connectivity index (χ0) is 8.53. The summed E-state index contributed by atoms with van der Waals surface area (Å²) < 4.78 is 0. The lowest BCUT2D eigenvalue weighted by Gasteiger charge is -2.23. The summed E-state index contributed by atoms with van der Waals surface area (Å²) >= 11 is 0. The van der Waals surface area contributed by atoms with Gasteiger partial charge in [-0.05, 0) is 19.3 Å². The van der Waals surface area contributed by atoms with Crippen molar-refractivity contribution in [1.82, 2.24) is 4.90 Å². The molecule has 0 aliphatic carbocycles. The maximum Gasteiger partial charge on any atom is 0.0846 e. The van der Waals surface area contributed by atoms with E-state index >= 15 is 0 Å². The largest absolute Gasteiger partial charge is 0.363 e. The molecule has 0 amide bonds. The Balaban J connectivity index is 0.000000461. The van der Waals surface area contributed by atoms with Gasteiger partial charge in [0, 0.05) is 20.1 Å². The molecule has 1 saturated heterocycles. The van der Waals surface area contributed by atoms with Crippen molar-refractivity contribution in [2.45, 2.75) is 33.1 Å². The van der Waals surface area contributed by atoms with E-state index in [9.17, 15) is 0 Å². The fraction of sp³-hybridized carbons (Fsp3) is 0.889. The average molecular weight is 156 g/mol. The van der Waals surface area contributed by atoms with Gasteiger partial charge in [-0.1, -0.05) is 13.8 Å². The first-order valence-electron chi connectivity index (χ1n) is 4.60. The number of piperidine rings is 1. The Labute approximate surface area is 70.3 Å². The molecule has 1 fully saturated rings. The first kappa shape index (κ1) is 10.5. The van der Waals surface area contributed by atoms with E-state index in [0.29, 0.717) is 0 Å². The Kier molecular flexibility index (Phi) is 7.21. The summed E-state index contributed by atoms with van der Waals surface area (Å²) in [5.41, 5.74) is 0. The van der Waals surface area contributed by atoms with Crippen molar-refractivity contribution in [2.24, 2.45) is 4.99 Å². The molecule has 0 aromatic heterocycles. The van der Waals surface area contributed by atoms with Crippen LogP contribution < -0.4 is 0 Å². The van der Waals surface area contributed by atoms with E-state index < -0.39 is 0 Å². The third-order valence-corrected chi connectivity index (χ3v) is 1.67. The molecule has 1 rings (SSSR count). The van der Waals surface area contributed by atoms with Gasteiger partial charge in [0.15, 0.2) is 0 Å². The summed E-state index contributed by atoms with van der Waals surface area (Å²) in [6.45, 7) is 6.41. The van der Waals surface area contributed by atoms with Gasteiger partial charge in [-0.25, -0.2) is 0 Å². The molecule has 1 aliphatic rings. The second kappa shape index (κ2) is 7.58. The van der Waals surface area contributed by atoms with Crippen LogP contribution in [0.1, 0.15) is 33.1 Å². The van der Waals surface area contributed by atoms with Gasteiger partial charge in [0.25, 0.3) is 0 Å². The highest BCUT2D eigenvalue weighted by Gasteiger charge is 2.04. The molecule has 0 aromatic carbocycles. The fourth-order valence-electron chi connectivity index (χ4n) is 1.20. The summed E-state index contributed by atoms with van der Waals surface area (Å²) in [4.78, 5) is 6.24. The molecule has 0 saturated carbocycles. The number of nitrogens with zero attached hydrogens (tertiary/aromatic N) is 2. The van der Waals surface area contributed by atoms with Crippen molar-refractivity contribution in [3.63, 3.8) is 0 Å². The highest BCUT2D eigenvalue weighted by molar-refractivity contribution is 5.54. The summed E-state index contributed by atoms with van der Waals surface area (Å²) in [6.07, 6.45) is 6.02. The molecule has 0 spiro atoms. The van der Waals surface area contributed by atoms with Gasteiger partial charge in [-0.2, -0.15) is 0 Å². The summed E-state index contributed by atoms with van der Waals surface area (Å²) in [7, 11) is 1.83. The molecule has 0 N–H and O–H groups in total. The zero-order valence-electron chi connectivity index (χ0n) is 8.01. The van der Waals surface area contributed by atoms with Gasteiger partial charge in [0.05, 0.1) is 6.34 Å². The standard InChI is InChI=1S/C7H14N2.C2H6/c1-8-7-9-5-3-2-4-6-9;1-2/h7H,2-6H2,1H3;1-2H3. The minimum atomic E-state index is 1.21. The Bertz CT molecular complexity index is 93.7. The Morgan fingerprint density at radius 2 is 1.64 bits per heavy atom. The van der Waals surface area contributed by atoms with Gasteiger partial charge in [0.1, 0.15) is 0 Å². The normalized spacial score (nSPS) is 17.9. The molecule has 0 radical (unpaired) electrons. The molecule has 66 valence electrons. The van der Waals surface area contributed by atoms with Gasteiger partial charge in [0.2, 0.25) is 0 Å². The van der Waals surface area contributed by atoms with E-state index in [1.807, 2.05) is 27.2 Å². The van der Waals surface area contributed by atoms with E-state index in [1.54, 1.807) is 0 Å². The predicted octanol–water partition coefficient (Wildman–Crippen LogP) is 2.16. The van der Waals surface area contributed by atoms with Crippen LogP contribution in [0.15, 0.2) is 4.99 Å². The number of rotatable bonds is 1. The first-order valence-corrected chi connectivity index (χ1v) is 4.60. The molecule has 0 atom stereocenters. The number of hydrogen-bond acceptors (Lipinski definition) is 1. The molecular formula is C9H20N2. The van der Waals surface area contributed by atoms with Crippen LogP contribution in [0.25, 0.3) is 0 Å². The van der Waals surface area contributed by atoms with Crippen molar-refractivity contribution >= 4 is 6.34 Å². The minimum absolute atomic E-state index is 1.21. The van der Waals surface area contributed by atoms with Crippen molar-refractivity contribution in [1.29, 1.82) is 0 Å². The SMILES string of the molecule is CC.CN=CN1CCCCC1. The zero-order valence-corrected chi connectivity index (χ0v) is 8.01. The van der Waals surface area contributed by atoms with E-state index in [4.69, 9.17) is 0 Å². The second-order valence-corrected chi connectivity index (χ2v) is 2.47. The van der Waals surface area contributed by atoms with E-state index in [0.717, 1.165) is 0 Å². The van der Waals surface area contributed by atoms with Crippen LogP contribution in [0.4, 0.5) is 0 Å². The van der Waals surface area contributed by atoms with Gasteiger partial charge < -0.3 is 4.90 Å². The molecule has 0 bridgehead atoms. The van der Waals surface area contributed by atoms with E-state index in [1.165, 1.54) is 32.4 Å². The lowest BCUT2D eigenvalue weighted by molar-refractivity contribution is 0.350. The number of likely N-dealkylation sites (tertiary alicyclic amines) is 1. The Hall–Kier alpha value is -0.530. The van der Waals surface area contributed by atoms with Gasteiger partial charge in [-0.3, -0.25) is 4.99 Å². The van der Waals surface area contributed by atoms with E-state index in [-0.39, 0.29) is 0 Å². The Morgan fingerprint density at radius 3 is 2.09 bits per heavy atom. The second-order valence-electron chi connectivity index (χ2n) is 2.47. The molecule has 0 aromatic rings. The van der Waals surface area contributed by atoms with Crippen LogP contribution in [0, 0.1) is 0 Å². The maximum atomic E-state index is 3.96. The van der Waals surface area contributed by atoms with Gasteiger partial charge >= 0.3 is 0 Å². The topological polar surface area (TPSA) is 15.6 Å². The molecule has 1 aliphatic heterocycles. The summed E-state index contributed by atoms with van der Waals surface area (Å²) in [5.74, 6) is 0. The molecule has 2 nitrogen and oxygen atoms in total. The smallest absolute Gasteiger partial charge is 0.0846 e. The highest BCUT2D eigenvalue weighted by Crippen LogP contribution is 2.05. The third kappa shape index (κ3) is 4.82. The quantitative estimate of drug-likeness (QED) is 0.419. The fourth-order valence-corrected chi connectivity index (χ4v) is 1.20.